The monoisotopic (exact) mass is 373 g/mol. The third kappa shape index (κ3) is 5.79. The third-order valence-electron chi connectivity index (χ3n) is 4.40. The van der Waals surface area contributed by atoms with E-state index in [9.17, 15) is 14.4 Å². The number of nitrogens with one attached hydrogen (secondary N) is 1. The Hall–Kier alpha value is -2.92. The van der Waals surface area contributed by atoms with Crippen LogP contribution >= 0.6 is 0 Å². The van der Waals surface area contributed by atoms with Gasteiger partial charge in [0.05, 0.1) is 31.4 Å². The molecule has 2 amide bonds. The molecular weight excluding hydrogens is 350 g/mol. The van der Waals surface area contributed by atoms with Gasteiger partial charge in [0, 0.05) is 18.7 Å². The van der Waals surface area contributed by atoms with E-state index in [-0.39, 0.29) is 24.5 Å². The molecular formula is C19H23N3O5. The summed E-state index contributed by atoms with van der Waals surface area (Å²) in [7, 11) is 1.32. The van der Waals surface area contributed by atoms with E-state index < -0.39 is 12.1 Å². The predicted molar refractivity (Wildman–Crippen MR) is 95.7 cm³/mol. The molecule has 0 spiro atoms. The van der Waals surface area contributed by atoms with Crippen molar-refractivity contribution in [1.29, 1.82) is 5.26 Å². The lowest BCUT2D eigenvalue weighted by Gasteiger charge is -2.33. The molecule has 0 bridgehead atoms. The molecule has 1 atom stereocenters. The molecule has 8 nitrogen and oxygen atoms in total. The first-order valence-electron chi connectivity index (χ1n) is 8.74. The molecule has 0 radical (unpaired) electrons. The van der Waals surface area contributed by atoms with Crippen LogP contribution in [0.25, 0.3) is 0 Å². The molecule has 1 aromatic rings. The van der Waals surface area contributed by atoms with E-state index in [0.717, 1.165) is 0 Å². The molecule has 1 fully saturated rings. The fraction of sp³-hybridized carbons (Fsp3) is 0.474. The maximum Gasteiger partial charge on any atom is 0.334 e. The van der Waals surface area contributed by atoms with Gasteiger partial charge in [0.25, 0.3) is 5.91 Å². The molecule has 27 heavy (non-hydrogen) atoms. The standard InChI is InChI=1S/C19H23N3O5/c1-13(19(25)26-2)27-16-7-9-22(10-8-16)17(23)12-21-18(24)15-5-3-14(11-20)4-6-15/h3-6,13,16H,7-10,12H2,1-2H3,(H,21,24). The second-order valence-corrected chi connectivity index (χ2v) is 6.25. The van der Waals surface area contributed by atoms with Gasteiger partial charge in [-0.05, 0) is 44.0 Å². The Balaban J connectivity index is 1.75. The van der Waals surface area contributed by atoms with Crippen molar-refractivity contribution in [3.8, 4) is 6.07 Å². The Morgan fingerprint density at radius 1 is 1.26 bits per heavy atom. The minimum Gasteiger partial charge on any atom is -0.467 e. The van der Waals surface area contributed by atoms with Crippen LogP contribution in [-0.4, -0.2) is 61.6 Å². The smallest absolute Gasteiger partial charge is 0.334 e. The highest BCUT2D eigenvalue weighted by molar-refractivity contribution is 5.96. The predicted octanol–water partition coefficient (Wildman–Crippen LogP) is 0.857. The van der Waals surface area contributed by atoms with E-state index in [1.807, 2.05) is 6.07 Å². The highest BCUT2D eigenvalue weighted by Gasteiger charge is 2.26. The van der Waals surface area contributed by atoms with Gasteiger partial charge in [-0.15, -0.1) is 0 Å². The molecule has 0 saturated carbocycles. The Kier molecular flexibility index (Phi) is 7.32. The fourth-order valence-corrected chi connectivity index (χ4v) is 2.82. The van der Waals surface area contributed by atoms with Crippen molar-refractivity contribution in [2.45, 2.75) is 32.0 Å². The zero-order chi connectivity index (χ0) is 19.8. The number of rotatable bonds is 6. The van der Waals surface area contributed by atoms with Gasteiger partial charge in [-0.3, -0.25) is 9.59 Å². The van der Waals surface area contributed by atoms with Crippen LogP contribution in [0.3, 0.4) is 0 Å². The van der Waals surface area contributed by atoms with Crippen molar-refractivity contribution in [3.05, 3.63) is 35.4 Å². The second-order valence-electron chi connectivity index (χ2n) is 6.25. The van der Waals surface area contributed by atoms with Crippen LogP contribution in [0.5, 0.6) is 0 Å². The molecule has 1 aliphatic rings. The van der Waals surface area contributed by atoms with Gasteiger partial charge in [-0.25, -0.2) is 4.79 Å². The van der Waals surface area contributed by atoms with Crippen molar-refractivity contribution >= 4 is 17.8 Å². The number of nitriles is 1. The third-order valence-corrected chi connectivity index (χ3v) is 4.40. The van der Waals surface area contributed by atoms with Crippen molar-refractivity contribution in [1.82, 2.24) is 10.2 Å². The largest absolute Gasteiger partial charge is 0.467 e. The summed E-state index contributed by atoms with van der Waals surface area (Å²) in [4.78, 5) is 37.4. The lowest BCUT2D eigenvalue weighted by Crippen LogP contribution is -2.46. The fourth-order valence-electron chi connectivity index (χ4n) is 2.82. The lowest BCUT2D eigenvalue weighted by atomic mass is 10.1. The van der Waals surface area contributed by atoms with Crippen molar-refractivity contribution in [2.24, 2.45) is 0 Å². The average Bonchev–Trinajstić information content (AvgIpc) is 2.71. The maximum atomic E-state index is 12.3. The highest BCUT2D eigenvalue weighted by Crippen LogP contribution is 2.16. The van der Waals surface area contributed by atoms with E-state index in [1.54, 1.807) is 36.1 Å². The molecule has 1 aromatic carbocycles. The average molecular weight is 373 g/mol. The molecule has 1 aliphatic heterocycles. The van der Waals surface area contributed by atoms with Gasteiger partial charge in [0.15, 0.2) is 6.10 Å². The topological polar surface area (TPSA) is 109 Å². The van der Waals surface area contributed by atoms with Gasteiger partial charge in [-0.1, -0.05) is 0 Å². The van der Waals surface area contributed by atoms with Crippen molar-refractivity contribution < 1.29 is 23.9 Å². The number of methoxy groups -OCH3 is 1. The molecule has 1 N–H and O–H groups in total. The van der Waals surface area contributed by atoms with Crippen molar-refractivity contribution in [2.75, 3.05) is 26.7 Å². The van der Waals surface area contributed by atoms with Crippen LogP contribution in [0.1, 0.15) is 35.7 Å². The van der Waals surface area contributed by atoms with E-state index in [2.05, 4.69) is 10.1 Å². The number of esters is 1. The number of benzene rings is 1. The first-order chi connectivity index (χ1) is 12.9. The summed E-state index contributed by atoms with van der Waals surface area (Å²) >= 11 is 0. The molecule has 1 unspecified atom stereocenters. The first-order valence-corrected chi connectivity index (χ1v) is 8.74. The summed E-state index contributed by atoms with van der Waals surface area (Å²) < 4.78 is 10.3. The van der Waals surface area contributed by atoms with E-state index in [0.29, 0.717) is 37.1 Å². The zero-order valence-corrected chi connectivity index (χ0v) is 15.4. The van der Waals surface area contributed by atoms with Crippen LogP contribution in [0, 0.1) is 11.3 Å². The Bertz CT molecular complexity index is 718. The molecule has 144 valence electrons. The number of hydrogen-bond acceptors (Lipinski definition) is 6. The summed E-state index contributed by atoms with van der Waals surface area (Å²) in [5.41, 5.74) is 0.861. The molecule has 2 rings (SSSR count). The maximum absolute atomic E-state index is 12.3. The highest BCUT2D eigenvalue weighted by atomic mass is 16.6. The SMILES string of the molecule is COC(=O)C(C)OC1CCN(C(=O)CNC(=O)c2ccc(C#N)cc2)CC1. The second kappa shape index (κ2) is 9.69. The van der Waals surface area contributed by atoms with Crippen LogP contribution in [0.15, 0.2) is 24.3 Å². The van der Waals surface area contributed by atoms with Crippen molar-refractivity contribution in [3.63, 3.8) is 0 Å². The number of likely N-dealkylation sites (tertiary alicyclic amines) is 1. The molecule has 0 aliphatic carbocycles. The molecule has 1 heterocycles. The number of hydrogen-bond donors (Lipinski definition) is 1. The minimum atomic E-state index is -0.631. The van der Waals surface area contributed by atoms with Gasteiger partial charge in [0.2, 0.25) is 5.91 Å². The number of carbonyl (C=O) groups is 3. The Morgan fingerprint density at radius 3 is 2.44 bits per heavy atom. The summed E-state index contributed by atoms with van der Waals surface area (Å²) in [6.45, 7) is 2.55. The van der Waals surface area contributed by atoms with E-state index in [1.165, 1.54) is 7.11 Å². The van der Waals surface area contributed by atoms with Crippen LogP contribution in [-0.2, 0) is 19.1 Å². The minimum absolute atomic E-state index is 0.0943. The normalized spacial score (nSPS) is 15.5. The summed E-state index contributed by atoms with van der Waals surface area (Å²) in [5, 5.41) is 11.4. The van der Waals surface area contributed by atoms with Crippen LogP contribution in [0.2, 0.25) is 0 Å². The number of piperidine rings is 1. The molecule has 8 heteroatoms. The number of nitrogens with zero attached hydrogens (tertiary/aromatic N) is 2. The van der Waals surface area contributed by atoms with Gasteiger partial charge >= 0.3 is 5.97 Å². The zero-order valence-electron chi connectivity index (χ0n) is 15.4. The number of ether oxygens (including phenoxy) is 2. The first kappa shape index (κ1) is 20.4. The van der Waals surface area contributed by atoms with Crippen LogP contribution in [0.4, 0.5) is 0 Å². The number of carbonyl (C=O) groups excluding carboxylic acids is 3. The van der Waals surface area contributed by atoms with Gasteiger partial charge in [0.1, 0.15) is 0 Å². The van der Waals surface area contributed by atoms with Gasteiger partial charge in [-0.2, -0.15) is 5.26 Å². The summed E-state index contributed by atoms with van der Waals surface area (Å²) in [6, 6.07) is 8.18. The molecule has 0 aromatic heterocycles. The quantitative estimate of drug-likeness (QED) is 0.741. The Labute approximate surface area is 158 Å². The van der Waals surface area contributed by atoms with E-state index >= 15 is 0 Å². The molecule has 1 saturated heterocycles. The van der Waals surface area contributed by atoms with Crippen LogP contribution < -0.4 is 5.32 Å². The van der Waals surface area contributed by atoms with E-state index in [4.69, 9.17) is 10.00 Å². The van der Waals surface area contributed by atoms with Gasteiger partial charge < -0.3 is 19.7 Å². The summed E-state index contributed by atoms with van der Waals surface area (Å²) in [6.07, 6.45) is 0.512. The summed E-state index contributed by atoms with van der Waals surface area (Å²) in [5.74, 6) is -0.951. The lowest BCUT2D eigenvalue weighted by molar-refractivity contribution is -0.159. The number of amides is 2. The Morgan fingerprint density at radius 2 is 1.89 bits per heavy atom.